The van der Waals surface area contributed by atoms with Crippen molar-refractivity contribution in [2.24, 2.45) is 5.92 Å². The first-order chi connectivity index (χ1) is 10.2. The molecule has 1 unspecified atom stereocenters. The van der Waals surface area contributed by atoms with Crippen LogP contribution in [0.25, 0.3) is 0 Å². The Morgan fingerprint density at radius 3 is 2.81 bits per heavy atom. The second-order valence-corrected chi connectivity index (χ2v) is 7.08. The Labute approximate surface area is 130 Å². The van der Waals surface area contributed by atoms with Crippen LogP contribution >= 0.6 is 11.6 Å². The number of halogens is 1. The van der Waals surface area contributed by atoms with E-state index < -0.39 is 0 Å². The summed E-state index contributed by atoms with van der Waals surface area (Å²) in [6.45, 7) is 2.77. The Kier molecular flexibility index (Phi) is 3.43. The SMILES string of the molecule is O=C1C2CCCN2Cc2cc(Cl)ccc2N1CC1CCC1. The monoisotopic (exact) mass is 304 g/mol. The Bertz CT molecular complexity index is 570. The molecule has 21 heavy (non-hydrogen) atoms. The predicted molar refractivity (Wildman–Crippen MR) is 84.6 cm³/mol. The summed E-state index contributed by atoms with van der Waals surface area (Å²) in [5.74, 6) is 0.992. The molecule has 1 aromatic rings. The smallest absolute Gasteiger partial charge is 0.244 e. The van der Waals surface area contributed by atoms with Crippen LogP contribution in [-0.2, 0) is 11.3 Å². The van der Waals surface area contributed by atoms with Gasteiger partial charge in [0.15, 0.2) is 0 Å². The molecule has 1 atom stereocenters. The van der Waals surface area contributed by atoms with E-state index in [2.05, 4.69) is 9.80 Å². The van der Waals surface area contributed by atoms with Crippen molar-refractivity contribution in [2.45, 2.75) is 44.7 Å². The predicted octanol–water partition coefficient (Wildman–Crippen LogP) is 3.45. The lowest BCUT2D eigenvalue weighted by Crippen LogP contribution is -2.45. The molecule has 0 bridgehead atoms. The van der Waals surface area contributed by atoms with E-state index in [4.69, 9.17) is 11.6 Å². The number of carbonyl (C=O) groups excluding carboxylic acids is 1. The fraction of sp³-hybridized carbons (Fsp3) is 0.588. The third-order valence-corrected chi connectivity index (χ3v) is 5.52. The maximum Gasteiger partial charge on any atom is 0.244 e. The standard InChI is InChI=1S/C17H21ClN2O/c18-14-6-7-15-13(9-14)11-19-8-2-5-16(19)17(21)20(15)10-12-3-1-4-12/h6-7,9,12,16H,1-5,8,10-11H2. The number of hydrogen-bond donors (Lipinski definition) is 0. The third-order valence-electron chi connectivity index (χ3n) is 5.29. The number of amides is 1. The van der Waals surface area contributed by atoms with Crippen LogP contribution in [0.2, 0.25) is 5.02 Å². The van der Waals surface area contributed by atoms with Crippen LogP contribution in [0.5, 0.6) is 0 Å². The summed E-state index contributed by atoms with van der Waals surface area (Å²) in [7, 11) is 0. The van der Waals surface area contributed by atoms with Gasteiger partial charge in [-0.15, -0.1) is 0 Å². The number of rotatable bonds is 2. The van der Waals surface area contributed by atoms with Gasteiger partial charge < -0.3 is 4.90 Å². The van der Waals surface area contributed by atoms with Gasteiger partial charge in [0, 0.05) is 23.8 Å². The molecule has 1 aliphatic carbocycles. The zero-order valence-electron chi connectivity index (χ0n) is 12.2. The van der Waals surface area contributed by atoms with Crippen LogP contribution in [-0.4, -0.2) is 29.9 Å². The van der Waals surface area contributed by atoms with Gasteiger partial charge in [0.2, 0.25) is 5.91 Å². The van der Waals surface area contributed by atoms with Gasteiger partial charge in [0.05, 0.1) is 6.04 Å². The van der Waals surface area contributed by atoms with Crippen molar-refractivity contribution in [3.63, 3.8) is 0 Å². The summed E-state index contributed by atoms with van der Waals surface area (Å²) in [5, 5.41) is 0.766. The molecule has 4 heteroatoms. The highest BCUT2D eigenvalue weighted by Gasteiger charge is 2.39. The minimum absolute atomic E-state index is 0.0799. The van der Waals surface area contributed by atoms with Crippen molar-refractivity contribution >= 4 is 23.2 Å². The van der Waals surface area contributed by atoms with Crippen LogP contribution < -0.4 is 4.90 Å². The number of anilines is 1. The van der Waals surface area contributed by atoms with Crippen LogP contribution in [0.1, 0.15) is 37.7 Å². The molecule has 0 N–H and O–H groups in total. The van der Waals surface area contributed by atoms with E-state index in [1.165, 1.54) is 24.8 Å². The lowest BCUT2D eigenvalue weighted by molar-refractivity contribution is -0.122. The van der Waals surface area contributed by atoms with E-state index in [-0.39, 0.29) is 6.04 Å². The van der Waals surface area contributed by atoms with Crippen molar-refractivity contribution in [2.75, 3.05) is 18.0 Å². The van der Waals surface area contributed by atoms with Crippen molar-refractivity contribution in [3.8, 4) is 0 Å². The second kappa shape index (κ2) is 5.29. The van der Waals surface area contributed by atoms with Gasteiger partial charge in [-0.3, -0.25) is 9.69 Å². The maximum atomic E-state index is 13.0. The summed E-state index contributed by atoms with van der Waals surface area (Å²) >= 11 is 6.18. The van der Waals surface area contributed by atoms with Crippen LogP contribution in [0.3, 0.4) is 0 Å². The number of nitrogens with zero attached hydrogens (tertiary/aromatic N) is 2. The molecule has 1 saturated heterocycles. The molecule has 0 aromatic heterocycles. The second-order valence-electron chi connectivity index (χ2n) is 6.65. The van der Waals surface area contributed by atoms with E-state index in [1.807, 2.05) is 18.2 Å². The lowest BCUT2D eigenvalue weighted by Gasteiger charge is -2.33. The fourth-order valence-electron chi connectivity index (χ4n) is 3.88. The Balaban J connectivity index is 1.73. The average molecular weight is 305 g/mol. The number of carbonyl (C=O) groups is 1. The molecular formula is C17H21ClN2O. The summed E-state index contributed by atoms with van der Waals surface area (Å²) < 4.78 is 0. The van der Waals surface area contributed by atoms with Crippen LogP contribution in [0.15, 0.2) is 18.2 Å². The molecule has 0 radical (unpaired) electrons. The fourth-order valence-corrected chi connectivity index (χ4v) is 4.07. The topological polar surface area (TPSA) is 23.6 Å². The van der Waals surface area contributed by atoms with Gasteiger partial charge in [0.25, 0.3) is 0 Å². The lowest BCUT2D eigenvalue weighted by atomic mass is 9.85. The number of benzene rings is 1. The first-order valence-corrected chi connectivity index (χ1v) is 8.44. The van der Waals surface area contributed by atoms with Crippen molar-refractivity contribution < 1.29 is 4.79 Å². The summed E-state index contributed by atoms with van der Waals surface area (Å²) in [6.07, 6.45) is 5.98. The van der Waals surface area contributed by atoms with E-state index in [1.54, 1.807) is 0 Å². The Morgan fingerprint density at radius 1 is 1.19 bits per heavy atom. The normalized spacial score (nSPS) is 26.2. The zero-order chi connectivity index (χ0) is 14.4. The molecule has 3 aliphatic rings. The van der Waals surface area contributed by atoms with Crippen LogP contribution in [0.4, 0.5) is 5.69 Å². The van der Waals surface area contributed by atoms with Crippen molar-refractivity contribution in [3.05, 3.63) is 28.8 Å². The zero-order valence-corrected chi connectivity index (χ0v) is 13.0. The van der Waals surface area contributed by atoms with Gasteiger partial charge >= 0.3 is 0 Å². The van der Waals surface area contributed by atoms with E-state index in [9.17, 15) is 4.79 Å². The Morgan fingerprint density at radius 2 is 2.05 bits per heavy atom. The molecule has 1 saturated carbocycles. The van der Waals surface area contributed by atoms with Gasteiger partial charge in [-0.2, -0.15) is 0 Å². The first kappa shape index (κ1) is 13.6. The molecule has 4 rings (SSSR count). The number of fused-ring (bicyclic) bond motifs is 2. The quantitative estimate of drug-likeness (QED) is 0.835. The third kappa shape index (κ3) is 2.36. The molecule has 1 aromatic carbocycles. The molecule has 2 fully saturated rings. The Hall–Kier alpha value is -1.06. The van der Waals surface area contributed by atoms with E-state index in [0.29, 0.717) is 11.8 Å². The molecule has 3 nitrogen and oxygen atoms in total. The molecule has 2 aliphatic heterocycles. The highest BCUT2D eigenvalue weighted by atomic mass is 35.5. The summed E-state index contributed by atoms with van der Waals surface area (Å²) in [5.41, 5.74) is 2.30. The van der Waals surface area contributed by atoms with E-state index >= 15 is 0 Å². The summed E-state index contributed by atoms with van der Waals surface area (Å²) in [4.78, 5) is 17.4. The van der Waals surface area contributed by atoms with Gasteiger partial charge in [-0.05, 0) is 61.9 Å². The van der Waals surface area contributed by atoms with Gasteiger partial charge in [-0.25, -0.2) is 0 Å². The first-order valence-electron chi connectivity index (χ1n) is 8.06. The molecule has 0 spiro atoms. The van der Waals surface area contributed by atoms with Gasteiger partial charge in [-0.1, -0.05) is 18.0 Å². The largest absolute Gasteiger partial charge is 0.310 e. The van der Waals surface area contributed by atoms with Crippen molar-refractivity contribution in [1.82, 2.24) is 4.90 Å². The highest BCUT2D eigenvalue weighted by Crippen LogP contribution is 2.36. The summed E-state index contributed by atoms with van der Waals surface area (Å²) in [6, 6.07) is 6.07. The molecule has 2 heterocycles. The minimum atomic E-state index is 0.0799. The van der Waals surface area contributed by atoms with Crippen LogP contribution in [0, 0.1) is 5.92 Å². The van der Waals surface area contributed by atoms with Gasteiger partial charge in [0.1, 0.15) is 0 Å². The molecule has 112 valence electrons. The molecule has 1 amide bonds. The minimum Gasteiger partial charge on any atom is -0.310 e. The van der Waals surface area contributed by atoms with Crippen molar-refractivity contribution in [1.29, 1.82) is 0 Å². The highest BCUT2D eigenvalue weighted by molar-refractivity contribution is 6.30. The average Bonchev–Trinajstić information content (AvgIpc) is 2.83. The maximum absolute atomic E-state index is 13.0. The number of hydrogen-bond acceptors (Lipinski definition) is 2. The molecular weight excluding hydrogens is 284 g/mol. The van der Waals surface area contributed by atoms with E-state index in [0.717, 1.165) is 43.2 Å².